The van der Waals surface area contributed by atoms with Gasteiger partial charge in [0.25, 0.3) is 5.91 Å². The zero-order valence-corrected chi connectivity index (χ0v) is 18.6. The van der Waals surface area contributed by atoms with E-state index < -0.39 is 35.7 Å². The third kappa shape index (κ3) is 7.04. The molecular weight excluding hydrogens is 443 g/mol. The predicted octanol–water partition coefficient (Wildman–Crippen LogP) is 5.32. The summed E-state index contributed by atoms with van der Waals surface area (Å²) in [6, 6.07) is 2.13. The standard InChI is InChI=1S/C24H31F5N2O2/c25-20-13-18(14-21(26)22(20)23(32)30-17-2-3-17)33-11-6-16-12-19(16)15-4-9-31(10-5-15)8-1-7-24(27,28)29/h13-17,19H,1-12H2,(H,30,32). The van der Waals surface area contributed by atoms with Crippen LogP contribution >= 0.6 is 0 Å². The summed E-state index contributed by atoms with van der Waals surface area (Å²) in [6.07, 6.45) is 0.940. The molecule has 2 saturated carbocycles. The van der Waals surface area contributed by atoms with Crippen molar-refractivity contribution in [3.05, 3.63) is 29.3 Å². The van der Waals surface area contributed by atoms with E-state index in [1.54, 1.807) is 0 Å². The molecule has 3 fully saturated rings. The Kier molecular flexibility index (Phi) is 7.46. The van der Waals surface area contributed by atoms with Crippen molar-refractivity contribution in [1.29, 1.82) is 0 Å². The molecule has 1 aliphatic heterocycles. The van der Waals surface area contributed by atoms with Crippen LogP contribution in [-0.4, -0.2) is 49.3 Å². The molecule has 1 N–H and O–H groups in total. The number of carbonyl (C=O) groups is 1. The largest absolute Gasteiger partial charge is 0.493 e. The number of benzene rings is 1. The fourth-order valence-electron chi connectivity index (χ4n) is 4.95. The number of ether oxygens (including phenoxy) is 1. The van der Waals surface area contributed by atoms with Gasteiger partial charge in [0.2, 0.25) is 0 Å². The van der Waals surface area contributed by atoms with Crippen molar-refractivity contribution < 1.29 is 31.5 Å². The first-order chi connectivity index (χ1) is 15.7. The molecule has 1 saturated heterocycles. The number of carbonyl (C=O) groups excluding carboxylic acids is 1. The Bertz CT molecular complexity index is 812. The molecule has 0 bridgehead atoms. The fraction of sp³-hybridized carbons (Fsp3) is 0.708. The second kappa shape index (κ2) is 10.2. The Morgan fingerprint density at radius 1 is 1.09 bits per heavy atom. The molecule has 33 heavy (non-hydrogen) atoms. The molecule has 2 atom stereocenters. The summed E-state index contributed by atoms with van der Waals surface area (Å²) in [5.74, 6) is -0.779. The second-order valence-electron chi connectivity index (χ2n) is 9.70. The van der Waals surface area contributed by atoms with E-state index in [0.29, 0.717) is 30.9 Å². The second-order valence-corrected chi connectivity index (χ2v) is 9.70. The molecule has 3 aliphatic rings. The summed E-state index contributed by atoms with van der Waals surface area (Å²) in [4.78, 5) is 14.1. The summed E-state index contributed by atoms with van der Waals surface area (Å²) in [6.45, 7) is 2.55. The average Bonchev–Trinajstić information content (AvgIpc) is 3.64. The van der Waals surface area contributed by atoms with Gasteiger partial charge in [-0.15, -0.1) is 0 Å². The average molecular weight is 475 g/mol. The predicted molar refractivity (Wildman–Crippen MR) is 113 cm³/mol. The number of alkyl halides is 3. The van der Waals surface area contributed by atoms with Crippen LogP contribution in [0.15, 0.2) is 12.1 Å². The normalized spacial score (nSPS) is 24.0. The van der Waals surface area contributed by atoms with E-state index in [1.807, 2.05) is 0 Å². The van der Waals surface area contributed by atoms with Crippen LogP contribution < -0.4 is 10.1 Å². The van der Waals surface area contributed by atoms with Crippen molar-refractivity contribution in [2.24, 2.45) is 17.8 Å². The molecule has 0 aromatic heterocycles. The zero-order valence-electron chi connectivity index (χ0n) is 18.6. The Hall–Kier alpha value is -1.90. The first-order valence-electron chi connectivity index (χ1n) is 11.9. The highest BCUT2D eigenvalue weighted by atomic mass is 19.4. The van der Waals surface area contributed by atoms with Gasteiger partial charge >= 0.3 is 6.18 Å². The van der Waals surface area contributed by atoms with Crippen LogP contribution in [0.5, 0.6) is 5.75 Å². The van der Waals surface area contributed by atoms with Crippen molar-refractivity contribution in [3.8, 4) is 5.75 Å². The minimum Gasteiger partial charge on any atom is -0.493 e. The van der Waals surface area contributed by atoms with Crippen molar-refractivity contribution in [2.45, 2.75) is 63.6 Å². The molecule has 184 valence electrons. The van der Waals surface area contributed by atoms with Crippen LogP contribution in [0, 0.1) is 29.4 Å². The quantitative estimate of drug-likeness (QED) is 0.467. The van der Waals surface area contributed by atoms with E-state index in [0.717, 1.165) is 63.7 Å². The monoisotopic (exact) mass is 474 g/mol. The number of nitrogens with one attached hydrogen (secondary N) is 1. The highest BCUT2D eigenvalue weighted by Gasteiger charge is 2.43. The summed E-state index contributed by atoms with van der Waals surface area (Å²) < 4.78 is 71.0. The minimum absolute atomic E-state index is 0.0142. The summed E-state index contributed by atoms with van der Waals surface area (Å²) in [5, 5.41) is 2.58. The van der Waals surface area contributed by atoms with Crippen LogP contribution in [0.1, 0.15) is 61.7 Å². The Morgan fingerprint density at radius 2 is 1.76 bits per heavy atom. The fourth-order valence-corrected chi connectivity index (χ4v) is 4.95. The van der Waals surface area contributed by atoms with Gasteiger partial charge in [0.1, 0.15) is 22.9 Å². The lowest BCUT2D eigenvalue weighted by atomic mass is 9.90. The number of likely N-dealkylation sites (tertiary alicyclic amines) is 1. The number of hydrogen-bond donors (Lipinski definition) is 1. The molecule has 1 aromatic carbocycles. The van der Waals surface area contributed by atoms with Gasteiger partial charge < -0.3 is 15.0 Å². The van der Waals surface area contributed by atoms with Crippen LogP contribution in [0.25, 0.3) is 0 Å². The number of hydrogen-bond acceptors (Lipinski definition) is 3. The topological polar surface area (TPSA) is 41.6 Å². The van der Waals surface area contributed by atoms with Crippen LogP contribution in [0.2, 0.25) is 0 Å². The molecule has 1 amide bonds. The van der Waals surface area contributed by atoms with Crippen molar-refractivity contribution in [3.63, 3.8) is 0 Å². The summed E-state index contributed by atoms with van der Waals surface area (Å²) >= 11 is 0. The maximum absolute atomic E-state index is 14.3. The molecule has 2 unspecified atom stereocenters. The first kappa shape index (κ1) is 24.2. The van der Waals surface area contributed by atoms with Gasteiger partial charge in [0, 0.05) is 24.6 Å². The van der Waals surface area contributed by atoms with Crippen LogP contribution in [0.4, 0.5) is 22.0 Å². The molecule has 4 nitrogen and oxygen atoms in total. The maximum Gasteiger partial charge on any atom is 0.389 e. The van der Waals surface area contributed by atoms with Gasteiger partial charge in [-0.3, -0.25) is 4.79 Å². The number of rotatable bonds is 10. The van der Waals surface area contributed by atoms with Gasteiger partial charge in [-0.2, -0.15) is 13.2 Å². The maximum atomic E-state index is 14.3. The molecule has 1 aromatic rings. The van der Waals surface area contributed by atoms with E-state index in [4.69, 9.17) is 4.74 Å². The highest BCUT2D eigenvalue weighted by molar-refractivity contribution is 5.95. The molecule has 4 rings (SSSR count). The molecule has 2 aliphatic carbocycles. The van der Waals surface area contributed by atoms with Gasteiger partial charge in [-0.1, -0.05) is 0 Å². The third-order valence-corrected chi connectivity index (χ3v) is 7.06. The van der Waals surface area contributed by atoms with Crippen molar-refractivity contribution in [1.82, 2.24) is 10.2 Å². The number of piperidine rings is 1. The van der Waals surface area contributed by atoms with E-state index in [1.165, 1.54) is 0 Å². The van der Waals surface area contributed by atoms with E-state index in [2.05, 4.69) is 10.2 Å². The lowest BCUT2D eigenvalue weighted by molar-refractivity contribution is -0.136. The van der Waals surface area contributed by atoms with Gasteiger partial charge in [-0.05, 0) is 82.3 Å². The molecule has 0 spiro atoms. The van der Waals surface area contributed by atoms with Crippen LogP contribution in [-0.2, 0) is 0 Å². The third-order valence-electron chi connectivity index (χ3n) is 7.06. The molecule has 1 heterocycles. The van der Waals surface area contributed by atoms with Gasteiger partial charge in [0.05, 0.1) is 6.61 Å². The summed E-state index contributed by atoms with van der Waals surface area (Å²) in [5.41, 5.74) is -0.568. The smallest absolute Gasteiger partial charge is 0.389 e. The lowest BCUT2D eigenvalue weighted by Crippen LogP contribution is -2.35. The van der Waals surface area contributed by atoms with Crippen molar-refractivity contribution in [2.75, 3.05) is 26.2 Å². The molecule has 0 radical (unpaired) electrons. The highest BCUT2D eigenvalue weighted by Crippen LogP contribution is 2.49. The summed E-state index contributed by atoms with van der Waals surface area (Å²) in [7, 11) is 0. The van der Waals surface area contributed by atoms with E-state index >= 15 is 0 Å². The number of nitrogens with zero attached hydrogens (tertiary/aromatic N) is 1. The first-order valence-corrected chi connectivity index (χ1v) is 11.9. The van der Waals surface area contributed by atoms with Crippen LogP contribution in [0.3, 0.4) is 0 Å². The van der Waals surface area contributed by atoms with E-state index in [-0.39, 0.29) is 18.2 Å². The van der Waals surface area contributed by atoms with Gasteiger partial charge in [0.15, 0.2) is 0 Å². The number of amides is 1. The SMILES string of the molecule is O=C(NC1CC1)c1c(F)cc(OCCC2CC2C2CCN(CCCC(F)(F)F)CC2)cc1F. The Labute approximate surface area is 190 Å². The van der Waals surface area contributed by atoms with E-state index in [9.17, 15) is 26.7 Å². The lowest BCUT2D eigenvalue weighted by Gasteiger charge is -2.32. The Morgan fingerprint density at radius 3 is 2.36 bits per heavy atom. The van der Waals surface area contributed by atoms with Gasteiger partial charge in [-0.25, -0.2) is 8.78 Å². The Balaban J connectivity index is 1.14. The molecule has 9 heteroatoms. The number of halogens is 5. The minimum atomic E-state index is -4.08. The van der Waals surface area contributed by atoms with Crippen molar-refractivity contribution >= 4 is 5.91 Å². The molecular formula is C24H31F5N2O2. The zero-order chi connectivity index (χ0) is 23.6.